The Kier molecular flexibility index (Phi) is 5.50. The van der Waals surface area contributed by atoms with E-state index in [2.05, 4.69) is 16.8 Å². The summed E-state index contributed by atoms with van der Waals surface area (Å²) >= 11 is 1.56. The van der Waals surface area contributed by atoms with Crippen molar-refractivity contribution >= 4 is 17.7 Å². The molecule has 0 bridgehead atoms. The molecule has 5 heteroatoms. The van der Waals surface area contributed by atoms with Crippen LogP contribution in [0.25, 0.3) is 0 Å². The van der Waals surface area contributed by atoms with E-state index in [1.54, 1.807) is 18.7 Å². The lowest BCUT2D eigenvalue weighted by Crippen LogP contribution is -2.42. The Labute approximate surface area is 119 Å². The van der Waals surface area contributed by atoms with Crippen LogP contribution in [0.1, 0.15) is 35.6 Å². The fourth-order valence-corrected chi connectivity index (χ4v) is 2.97. The number of aliphatic hydroxyl groups is 1. The van der Waals surface area contributed by atoms with Crippen LogP contribution in [-0.4, -0.2) is 39.7 Å². The van der Waals surface area contributed by atoms with Crippen LogP contribution in [0.4, 0.5) is 0 Å². The summed E-state index contributed by atoms with van der Waals surface area (Å²) in [4.78, 5) is 12.2. The summed E-state index contributed by atoms with van der Waals surface area (Å²) < 4.78 is 2.11. The maximum Gasteiger partial charge on any atom is 0.253 e. The van der Waals surface area contributed by atoms with Crippen LogP contribution in [0.3, 0.4) is 0 Å². The largest absolute Gasteiger partial charge is 0.387 e. The van der Waals surface area contributed by atoms with Crippen LogP contribution in [0.2, 0.25) is 0 Å². The molecule has 4 nitrogen and oxygen atoms in total. The summed E-state index contributed by atoms with van der Waals surface area (Å²) in [7, 11) is 0. The molecule has 0 radical (unpaired) electrons. The van der Waals surface area contributed by atoms with E-state index in [9.17, 15) is 9.90 Å². The van der Waals surface area contributed by atoms with Gasteiger partial charge >= 0.3 is 0 Å². The van der Waals surface area contributed by atoms with Crippen molar-refractivity contribution in [2.24, 2.45) is 0 Å². The number of carbonyl (C=O) groups is 1. The fourth-order valence-electron chi connectivity index (χ4n) is 2.25. The molecule has 0 aliphatic rings. The predicted octanol–water partition coefficient (Wildman–Crippen LogP) is 1.97. The standard InChI is InChI=1S/C14H24N2O2S/c1-6-16-10(2)7-12(11(16)3)13(17)15-8-14(4,18)9-19-5/h7,18H,6,8-9H2,1-5H3,(H,15,17). The third kappa shape index (κ3) is 4.01. The number of hydrogen-bond acceptors (Lipinski definition) is 3. The minimum Gasteiger partial charge on any atom is -0.387 e. The summed E-state index contributed by atoms with van der Waals surface area (Å²) in [6.45, 7) is 8.87. The molecular weight excluding hydrogens is 260 g/mol. The Morgan fingerprint density at radius 2 is 2.16 bits per heavy atom. The minimum absolute atomic E-state index is 0.117. The highest BCUT2D eigenvalue weighted by Gasteiger charge is 2.22. The van der Waals surface area contributed by atoms with E-state index in [4.69, 9.17) is 0 Å². The summed E-state index contributed by atoms with van der Waals surface area (Å²) in [5.41, 5.74) is 1.88. The lowest BCUT2D eigenvalue weighted by molar-refractivity contribution is 0.0724. The third-order valence-electron chi connectivity index (χ3n) is 3.22. The zero-order valence-corrected chi connectivity index (χ0v) is 13.2. The number of nitrogens with one attached hydrogen (secondary N) is 1. The van der Waals surface area contributed by atoms with Crippen molar-refractivity contribution in [3.63, 3.8) is 0 Å². The van der Waals surface area contributed by atoms with Crippen molar-refractivity contribution in [2.75, 3.05) is 18.6 Å². The molecule has 1 unspecified atom stereocenters. The van der Waals surface area contributed by atoms with E-state index in [-0.39, 0.29) is 12.5 Å². The maximum absolute atomic E-state index is 12.2. The second-order valence-electron chi connectivity index (χ2n) is 5.14. The smallest absolute Gasteiger partial charge is 0.253 e. The Morgan fingerprint density at radius 1 is 1.53 bits per heavy atom. The lowest BCUT2D eigenvalue weighted by Gasteiger charge is -2.22. The van der Waals surface area contributed by atoms with E-state index in [0.29, 0.717) is 11.3 Å². The average Bonchev–Trinajstić information content (AvgIpc) is 2.61. The molecule has 1 aromatic heterocycles. The molecule has 1 heterocycles. The van der Waals surface area contributed by atoms with Crippen molar-refractivity contribution in [3.05, 3.63) is 23.0 Å². The zero-order valence-electron chi connectivity index (χ0n) is 12.4. The second-order valence-corrected chi connectivity index (χ2v) is 6.01. The third-order valence-corrected chi connectivity index (χ3v) is 4.13. The van der Waals surface area contributed by atoms with Gasteiger partial charge in [-0.3, -0.25) is 4.79 Å². The monoisotopic (exact) mass is 284 g/mol. The molecule has 19 heavy (non-hydrogen) atoms. The van der Waals surface area contributed by atoms with Crippen LogP contribution < -0.4 is 5.32 Å². The first-order chi connectivity index (χ1) is 8.82. The Bertz CT molecular complexity index is 453. The highest BCUT2D eigenvalue weighted by atomic mass is 32.2. The number of aromatic nitrogens is 1. The van der Waals surface area contributed by atoms with Crippen molar-refractivity contribution in [2.45, 2.75) is 39.8 Å². The Balaban J connectivity index is 2.74. The van der Waals surface area contributed by atoms with Gasteiger partial charge in [0.15, 0.2) is 0 Å². The average molecular weight is 284 g/mol. The molecule has 0 fully saturated rings. The molecular formula is C14H24N2O2S. The topological polar surface area (TPSA) is 54.3 Å². The summed E-state index contributed by atoms with van der Waals surface area (Å²) in [6, 6.07) is 1.90. The predicted molar refractivity (Wildman–Crippen MR) is 80.9 cm³/mol. The summed E-state index contributed by atoms with van der Waals surface area (Å²) in [5.74, 6) is 0.482. The lowest BCUT2D eigenvalue weighted by atomic mass is 10.1. The molecule has 0 saturated carbocycles. The SMILES string of the molecule is CCn1c(C)cc(C(=O)NCC(C)(O)CSC)c1C. The highest BCUT2D eigenvalue weighted by molar-refractivity contribution is 7.98. The molecule has 0 aliphatic carbocycles. The van der Waals surface area contributed by atoms with Gasteiger partial charge in [0.05, 0.1) is 11.2 Å². The van der Waals surface area contributed by atoms with Crippen LogP contribution in [0.15, 0.2) is 6.07 Å². The molecule has 1 atom stereocenters. The minimum atomic E-state index is -0.870. The Morgan fingerprint density at radius 3 is 2.63 bits per heavy atom. The van der Waals surface area contributed by atoms with Gasteiger partial charge in [-0.1, -0.05) is 0 Å². The molecule has 1 rings (SSSR count). The number of carbonyl (C=O) groups excluding carboxylic acids is 1. The van der Waals surface area contributed by atoms with Crippen molar-refractivity contribution in [3.8, 4) is 0 Å². The van der Waals surface area contributed by atoms with Crippen molar-refractivity contribution in [1.82, 2.24) is 9.88 Å². The quantitative estimate of drug-likeness (QED) is 0.840. The van der Waals surface area contributed by atoms with Crippen LogP contribution in [-0.2, 0) is 6.54 Å². The van der Waals surface area contributed by atoms with Crippen molar-refractivity contribution in [1.29, 1.82) is 0 Å². The van der Waals surface area contributed by atoms with Gasteiger partial charge in [-0.05, 0) is 40.0 Å². The van der Waals surface area contributed by atoms with Gasteiger partial charge in [-0.25, -0.2) is 0 Å². The highest BCUT2D eigenvalue weighted by Crippen LogP contribution is 2.15. The first kappa shape index (κ1) is 16.1. The van der Waals surface area contributed by atoms with Gasteiger partial charge < -0.3 is 15.0 Å². The molecule has 108 valence electrons. The van der Waals surface area contributed by atoms with Gasteiger partial charge in [0.25, 0.3) is 5.91 Å². The molecule has 1 amide bonds. The first-order valence-electron chi connectivity index (χ1n) is 6.48. The number of thioether (sulfide) groups is 1. The van der Waals surface area contributed by atoms with Crippen LogP contribution >= 0.6 is 11.8 Å². The van der Waals surface area contributed by atoms with Gasteiger partial charge in [0.1, 0.15) is 0 Å². The van der Waals surface area contributed by atoms with E-state index in [1.165, 1.54) is 0 Å². The van der Waals surface area contributed by atoms with Gasteiger partial charge in [-0.2, -0.15) is 11.8 Å². The second kappa shape index (κ2) is 6.48. The van der Waals surface area contributed by atoms with E-state index in [0.717, 1.165) is 17.9 Å². The van der Waals surface area contributed by atoms with Crippen LogP contribution in [0.5, 0.6) is 0 Å². The summed E-state index contributed by atoms with van der Waals surface area (Å²) in [6.07, 6.45) is 1.94. The molecule has 0 saturated heterocycles. The van der Waals surface area contributed by atoms with Gasteiger partial charge in [0, 0.05) is 30.2 Å². The zero-order chi connectivity index (χ0) is 14.6. The van der Waals surface area contributed by atoms with E-state index in [1.807, 2.05) is 26.2 Å². The molecule has 2 N–H and O–H groups in total. The molecule has 0 aromatic carbocycles. The maximum atomic E-state index is 12.2. The normalized spacial score (nSPS) is 14.2. The number of amides is 1. The molecule has 1 aromatic rings. The Hall–Kier alpha value is -0.940. The number of hydrogen-bond donors (Lipinski definition) is 2. The van der Waals surface area contributed by atoms with Gasteiger partial charge in [-0.15, -0.1) is 0 Å². The molecule has 0 aliphatic heterocycles. The van der Waals surface area contributed by atoms with E-state index < -0.39 is 5.60 Å². The number of nitrogens with zero attached hydrogens (tertiary/aromatic N) is 1. The fraction of sp³-hybridized carbons (Fsp3) is 0.643. The van der Waals surface area contributed by atoms with E-state index >= 15 is 0 Å². The molecule has 0 spiro atoms. The number of aryl methyl sites for hydroxylation is 1. The number of rotatable bonds is 6. The van der Waals surface area contributed by atoms with Gasteiger partial charge in [0.2, 0.25) is 0 Å². The van der Waals surface area contributed by atoms with Crippen molar-refractivity contribution < 1.29 is 9.90 Å². The summed E-state index contributed by atoms with van der Waals surface area (Å²) in [5, 5.41) is 12.9. The first-order valence-corrected chi connectivity index (χ1v) is 7.88. The van der Waals surface area contributed by atoms with Crippen LogP contribution in [0, 0.1) is 13.8 Å².